The highest BCUT2D eigenvalue weighted by atomic mass is 35.5. The van der Waals surface area contributed by atoms with Gasteiger partial charge in [0.2, 0.25) is 0 Å². The quantitative estimate of drug-likeness (QED) is 0.579. The first-order chi connectivity index (χ1) is 15.6. The lowest BCUT2D eigenvalue weighted by Crippen LogP contribution is -2.39. The van der Waals surface area contributed by atoms with Gasteiger partial charge >= 0.3 is 0 Å². The van der Waals surface area contributed by atoms with Gasteiger partial charge < -0.3 is 15.1 Å². The number of nitrogens with one attached hydrogen (secondary N) is 1. The van der Waals surface area contributed by atoms with Gasteiger partial charge in [-0.05, 0) is 55.2 Å². The summed E-state index contributed by atoms with van der Waals surface area (Å²) in [4.78, 5) is 34.6. The van der Waals surface area contributed by atoms with E-state index in [0.717, 1.165) is 38.0 Å². The van der Waals surface area contributed by atoms with Crippen molar-refractivity contribution in [2.24, 2.45) is 5.92 Å². The number of rotatable bonds is 5. The standard InChI is InChI=1S/C24H23ClN4O2S/c25-22-5-4-21(32-22)23(30)27-20-3-1-2-18-19(20)15-29(24(18)31)14-16-8-12-28(13-9-16)17-6-10-26-11-7-17/h1-7,10-11,16H,8-9,12-15H2,(H,27,30). The highest BCUT2D eigenvalue weighted by molar-refractivity contribution is 7.18. The monoisotopic (exact) mass is 466 g/mol. The Hall–Kier alpha value is -2.90. The molecule has 164 valence electrons. The van der Waals surface area contributed by atoms with E-state index in [4.69, 9.17) is 11.6 Å². The molecular formula is C24H23ClN4O2S. The summed E-state index contributed by atoms with van der Waals surface area (Å²) in [5.74, 6) is 0.314. The summed E-state index contributed by atoms with van der Waals surface area (Å²) < 4.78 is 0.574. The van der Waals surface area contributed by atoms with Crippen LogP contribution in [0.15, 0.2) is 54.9 Å². The number of amides is 2. The molecule has 0 spiro atoms. The molecule has 2 aliphatic heterocycles. The Kier molecular flexibility index (Phi) is 5.85. The Morgan fingerprint density at radius 3 is 2.62 bits per heavy atom. The second-order valence-corrected chi connectivity index (χ2v) is 9.93. The number of nitrogens with zero attached hydrogens (tertiary/aromatic N) is 3. The third-order valence-corrected chi connectivity index (χ3v) is 7.44. The van der Waals surface area contributed by atoms with Crippen molar-refractivity contribution in [1.29, 1.82) is 0 Å². The minimum Gasteiger partial charge on any atom is -0.371 e. The minimum atomic E-state index is -0.204. The number of carbonyl (C=O) groups excluding carboxylic acids is 2. The lowest BCUT2D eigenvalue weighted by Gasteiger charge is -2.35. The predicted molar refractivity (Wildman–Crippen MR) is 128 cm³/mol. The molecule has 0 bridgehead atoms. The normalized spacial score (nSPS) is 16.3. The van der Waals surface area contributed by atoms with Gasteiger partial charge in [0.05, 0.1) is 9.21 Å². The maximum atomic E-state index is 13.0. The average Bonchev–Trinajstić information content (AvgIpc) is 3.39. The van der Waals surface area contributed by atoms with Crippen molar-refractivity contribution in [2.45, 2.75) is 19.4 Å². The fraction of sp³-hybridized carbons (Fsp3) is 0.292. The first-order valence-corrected chi connectivity index (χ1v) is 11.9. The largest absolute Gasteiger partial charge is 0.371 e. The molecular weight excluding hydrogens is 444 g/mol. The summed E-state index contributed by atoms with van der Waals surface area (Å²) in [6.45, 7) is 3.23. The van der Waals surface area contributed by atoms with Gasteiger partial charge in [-0.3, -0.25) is 14.6 Å². The molecule has 2 aromatic heterocycles. The molecule has 0 saturated carbocycles. The molecule has 1 aromatic carbocycles. The number of benzene rings is 1. The van der Waals surface area contributed by atoms with Crippen LogP contribution in [0.2, 0.25) is 4.34 Å². The van der Waals surface area contributed by atoms with Gasteiger partial charge in [0, 0.05) is 61.1 Å². The summed E-state index contributed by atoms with van der Waals surface area (Å²) in [6, 6.07) is 13.0. The van der Waals surface area contributed by atoms with E-state index in [9.17, 15) is 9.59 Å². The van der Waals surface area contributed by atoms with Crippen LogP contribution in [0.5, 0.6) is 0 Å². The lowest BCUT2D eigenvalue weighted by atomic mass is 9.96. The molecule has 8 heteroatoms. The van der Waals surface area contributed by atoms with Crippen molar-refractivity contribution in [3.8, 4) is 0 Å². The Morgan fingerprint density at radius 2 is 1.91 bits per heavy atom. The van der Waals surface area contributed by atoms with Crippen LogP contribution in [0.25, 0.3) is 0 Å². The lowest BCUT2D eigenvalue weighted by molar-refractivity contribution is 0.0743. The predicted octanol–water partition coefficient (Wildman–Crippen LogP) is 4.92. The van der Waals surface area contributed by atoms with Gasteiger partial charge in [-0.15, -0.1) is 11.3 Å². The Morgan fingerprint density at radius 1 is 1.12 bits per heavy atom. The van der Waals surface area contributed by atoms with Crippen LogP contribution >= 0.6 is 22.9 Å². The number of pyridine rings is 1. The zero-order valence-corrected chi connectivity index (χ0v) is 19.0. The second kappa shape index (κ2) is 8.92. The van der Waals surface area contributed by atoms with Crippen LogP contribution in [0, 0.1) is 5.92 Å². The summed E-state index contributed by atoms with van der Waals surface area (Å²) in [5, 5.41) is 2.96. The van der Waals surface area contributed by atoms with Gasteiger partial charge in [0.1, 0.15) is 0 Å². The third kappa shape index (κ3) is 4.23. The number of hydrogen-bond donors (Lipinski definition) is 1. The summed E-state index contributed by atoms with van der Waals surface area (Å²) in [5.41, 5.74) is 3.47. The van der Waals surface area contributed by atoms with Gasteiger partial charge in [-0.25, -0.2) is 0 Å². The van der Waals surface area contributed by atoms with Crippen molar-refractivity contribution in [3.63, 3.8) is 0 Å². The molecule has 3 aromatic rings. The first kappa shape index (κ1) is 21.0. The minimum absolute atomic E-state index is 0.0480. The van der Waals surface area contributed by atoms with Crippen LogP contribution in [0.3, 0.4) is 0 Å². The number of halogens is 1. The number of aromatic nitrogens is 1. The van der Waals surface area contributed by atoms with E-state index in [2.05, 4.69) is 15.2 Å². The SMILES string of the molecule is O=C(Nc1cccc2c1CN(CC1CCN(c3ccncc3)CC1)C2=O)c1ccc(Cl)s1. The smallest absolute Gasteiger partial charge is 0.265 e. The molecule has 0 unspecified atom stereocenters. The molecule has 2 amide bonds. The first-order valence-electron chi connectivity index (χ1n) is 10.7. The molecule has 6 nitrogen and oxygen atoms in total. The van der Waals surface area contributed by atoms with E-state index in [1.54, 1.807) is 12.1 Å². The van der Waals surface area contributed by atoms with Crippen molar-refractivity contribution in [1.82, 2.24) is 9.88 Å². The maximum Gasteiger partial charge on any atom is 0.265 e. The number of thiophene rings is 1. The Balaban J connectivity index is 1.23. The molecule has 5 rings (SSSR count). The van der Waals surface area contributed by atoms with Crippen molar-refractivity contribution >= 4 is 46.1 Å². The van der Waals surface area contributed by atoms with Gasteiger partial charge in [-0.2, -0.15) is 0 Å². The highest BCUT2D eigenvalue weighted by Gasteiger charge is 2.32. The second-order valence-electron chi connectivity index (χ2n) is 8.21. The Bertz CT molecular complexity index is 1140. The zero-order valence-electron chi connectivity index (χ0n) is 17.5. The summed E-state index contributed by atoms with van der Waals surface area (Å²) in [6.07, 6.45) is 5.74. The van der Waals surface area contributed by atoms with E-state index < -0.39 is 0 Å². The van der Waals surface area contributed by atoms with E-state index in [0.29, 0.717) is 32.9 Å². The van der Waals surface area contributed by atoms with Gasteiger partial charge in [0.15, 0.2) is 0 Å². The molecule has 0 aliphatic carbocycles. The molecule has 1 saturated heterocycles. The molecule has 32 heavy (non-hydrogen) atoms. The zero-order chi connectivity index (χ0) is 22.1. The molecule has 1 fully saturated rings. The van der Waals surface area contributed by atoms with Crippen LogP contribution < -0.4 is 10.2 Å². The van der Waals surface area contributed by atoms with Crippen molar-refractivity contribution in [3.05, 3.63) is 75.2 Å². The fourth-order valence-corrected chi connectivity index (χ4v) is 5.45. The summed E-state index contributed by atoms with van der Waals surface area (Å²) >= 11 is 7.20. The molecule has 0 atom stereocenters. The number of fused-ring (bicyclic) bond motifs is 1. The number of piperidine rings is 1. The molecule has 1 N–H and O–H groups in total. The van der Waals surface area contributed by atoms with Crippen LogP contribution in [-0.2, 0) is 6.54 Å². The van der Waals surface area contributed by atoms with Crippen LogP contribution in [0.1, 0.15) is 38.4 Å². The van der Waals surface area contributed by atoms with Crippen molar-refractivity contribution in [2.75, 3.05) is 29.9 Å². The highest BCUT2D eigenvalue weighted by Crippen LogP contribution is 2.32. The van der Waals surface area contributed by atoms with E-state index in [1.165, 1.54) is 17.0 Å². The number of hydrogen-bond acceptors (Lipinski definition) is 5. The molecule has 0 radical (unpaired) electrons. The number of carbonyl (C=O) groups is 2. The van der Waals surface area contributed by atoms with Crippen LogP contribution in [-0.4, -0.2) is 41.3 Å². The number of anilines is 2. The van der Waals surface area contributed by atoms with E-state index in [-0.39, 0.29) is 11.8 Å². The fourth-order valence-electron chi connectivity index (χ4n) is 4.52. The average molecular weight is 467 g/mol. The third-order valence-electron chi connectivity index (χ3n) is 6.21. The van der Waals surface area contributed by atoms with Gasteiger partial charge in [0.25, 0.3) is 11.8 Å². The van der Waals surface area contributed by atoms with Crippen LogP contribution in [0.4, 0.5) is 11.4 Å². The van der Waals surface area contributed by atoms with Gasteiger partial charge in [-0.1, -0.05) is 17.7 Å². The molecule has 2 aliphatic rings. The van der Waals surface area contributed by atoms with E-state index >= 15 is 0 Å². The van der Waals surface area contributed by atoms with E-state index in [1.807, 2.05) is 47.6 Å². The topological polar surface area (TPSA) is 65.5 Å². The van der Waals surface area contributed by atoms with Crippen molar-refractivity contribution < 1.29 is 9.59 Å². The summed E-state index contributed by atoms with van der Waals surface area (Å²) in [7, 11) is 0. The maximum absolute atomic E-state index is 13.0. The Labute approximate surface area is 195 Å². The molecule has 4 heterocycles.